The number of aliphatic hydroxyl groups excluding tert-OH is 1. The molecule has 0 unspecified atom stereocenters. The van der Waals surface area contributed by atoms with Crippen LogP contribution in [-0.4, -0.2) is 66.7 Å². The van der Waals surface area contributed by atoms with Gasteiger partial charge in [-0.1, -0.05) is 54.6 Å². The van der Waals surface area contributed by atoms with Crippen molar-refractivity contribution in [2.24, 2.45) is 5.73 Å². The molecule has 1 fully saturated rings. The molecule has 0 saturated carbocycles. The molecule has 1 saturated heterocycles. The molecule has 1 aliphatic heterocycles. The number of H-pyrrole nitrogens is 1. The molecular formula is C37H44N4O8. The molecule has 12 nitrogen and oxygen atoms in total. The maximum Gasteiger partial charge on any atom is 0.330 e. The summed E-state index contributed by atoms with van der Waals surface area (Å²) in [6.45, 7) is 1.02. The zero-order valence-corrected chi connectivity index (χ0v) is 27.8. The van der Waals surface area contributed by atoms with Gasteiger partial charge in [0.15, 0.2) is 0 Å². The van der Waals surface area contributed by atoms with E-state index in [-0.39, 0.29) is 37.3 Å². The van der Waals surface area contributed by atoms with Crippen molar-refractivity contribution in [3.63, 3.8) is 0 Å². The Balaban J connectivity index is 1.39. The summed E-state index contributed by atoms with van der Waals surface area (Å²) in [5.41, 5.74) is 5.87. The molecule has 5 rings (SSSR count). The molecule has 3 aromatic carbocycles. The van der Waals surface area contributed by atoms with E-state index in [0.717, 1.165) is 29.5 Å². The normalized spacial score (nSPS) is 17.5. The van der Waals surface area contributed by atoms with Crippen LogP contribution in [0.25, 0.3) is 0 Å². The maximum atomic E-state index is 12.9. The van der Waals surface area contributed by atoms with Crippen molar-refractivity contribution in [3.05, 3.63) is 128 Å². The summed E-state index contributed by atoms with van der Waals surface area (Å²) in [5, 5.41) is 14.0. The molecule has 3 atom stereocenters. The van der Waals surface area contributed by atoms with Crippen LogP contribution in [0.2, 0.25) is 0 Å². The highest BCUT2D eigenvalue weighted by molar-refractivity contribution is 5.76. The average Bonchev–Trinajstić information content (AvgIpc) is 3.50. The maximum absolute atomic E-state index is 12.9. The van der Waals surface area contributed by atoms with Gasteiger partial charge >= 0.3 is 5.69 Å². The monoisotopic (exact) mass is 672 g/mol. The number of aromatic nitrogens is 2. The van der Waals surface area contributed by atoms with Gasteiger partial charge in [-0.15, -0.1) is 0 Å². The van der Waals surface area contributed by atoms with E-state index < -0.39 is 35.3 Å². The number of unbranched alkanes of at least 4 members (excludes halogenated alkanes) is 1. The van der Waals surface area contributed by atoms with E-state index in [1.807, 2.05) is 78.9 Å². The fourth-order valence-corrected chi connectivity index (χ4v) is 6.07. The lowest BCUT2D eigenvalue weighted by atomic mass is 9.80. The highest BCUT2D eigenvalue weighted by atomic mass is 16.6. The Hall–Kier alpha value is -4.75. The van der Waals surface area contributed by atoms with Crippen LogP contribution in [0.4, 0.5) is 0 Å². The van der Waals surface area contributed by atoms with Crippen molar-refractivity contribution in [1.29, 1.82) is 0 Å². The molecule has 2 heterocycles. The SMILES string of the molecule is COc1ccc(C(OC[C@H]2O[C@@H](n3cc(CCC(=O)NCCCCN)c(=O)[nH]c3=O)C[C@@H]2O)(c2ccccc2)c2ccc(OC)cc2)cc1. The van der Waals surface area contributed by atoms with E-state index in [4.69, 9.17) is 24.7 Å². The molecule has 1 aliphatic rings. The Labute approximate surface area is 284 Å². The molecule has 0 radical (unpaired) electrons. The lowest BCUT2D eigenvalue weighted by Gasteiger charge is -2.37. The van der Waals surface area contributed by atoms with Crippen molar-refractivity contribution in [1.82, 2.24) is 14.9 Å². The van der Waals surface area contributed by atoms with Gasteiger partial charge in [0.1, 0.15) is 29.4 Å². The second-order valence-corrected chi connectivity index (χ2v) is 11.9. The summed E-state index contributed by atoms with van der Waals surface area (Å²) >= 11 is 0. The Morgan fingerprint density at radius 2 is 1.57 bits per heavy atom. The van der Waals surface area contributed by atoms with E-state index >= 15 is 0 Å². The topological polar surface area (TPSA) is 167 Å². The number of nitrogens with two attached hydrogens (primary N) is 1. The number of methoxy groups -OCH3 is 2. The Morgan fingerprint density at radius 1 is 0.959 bits per heavy atom. The number of hydrogen-bond donors (Lipinski definition) is 4. The molecule has 5 N–H and O–H groups in total. The van der Waals surface area contributed by atoms with Crippen LogP contribution < -0.4 is 31.8 Å². The molecule has 12 heteroatoms. The highest BCUT2D eigenvalue weighted by Crippen LogP contribution is 2.42. The Bertz CT molecular complexity index is 1730. The van der Waals surface area contributed by atoms with E-state index in [2.05, 4.69) is 10.3 Å². The summed E-state index contributed by atoms with van der Waals surface area (Å²) in [6.07, 6.45) is 0.614. The molecule has 0 spiro atoms. The van der Waals surface area contributed by atoms with Gasteiger partial charge in [0, 0.05) is 31.1 Å². The zero-order chi connectivity index (χ0) is 34.8. The highest BCUT2D eigenvalue weighted by Gasteiger charge is 2.42. The van der Waals surface area contributed by atoms with Crippen molar-refractivity contribution in [2.75, 3.05) is 33.9 Å². The number of amides is 1. The van der Waals surface area contributed by atoms with E-state index in [1.165, 1.54) is 10.8 Å². The third-order valence-electron chi connectivity index (χ3n) is 8.77. The van der Waals surface area contributed by atoms with Gasteiger partial charge in [-0.3, -0.25) is 19.1 Å². The van der Waals surface area contributed by atoms with Crippen LogP contribution in [-0.2, 0) is 26.3 Å². The number of aromatic amines is 1. The standard InChI is InChI=1S/C37H44N4O8/c1-46-29-15-11-27(12-16-29)37(26-8-4-3-5-9-26,28-13-17-30(47-2)18-14-28)48-24-32-31(42)22-34(49-32)41-23-25(35(44)40-36(41)45)10-19-33(43)39-21-7-6-20-38/h3-5,8-9,11-18,23,31-32,34,42H,6-7,10,19-22,24,38H2,1-2H3,(H,39,43)(H,40,44,45)/t31-,32+,34+/m0/s1. The second-order valence-electron chi connectivity index (χ2n) is 11.9. The molecule has 49 heavy (non-hydrogen) atoms. The molecular weight excluding hydrogens is 628 g/mol. The average molecular weight is 673 g/mol. The zero-order valence-electron chi connectivity index (χ0n) is 27.8. The number of hydrogen-bond acceptors (Lipinski definition) is 9. The smallest absolute Gasteiger partial charge is 0.330 e. The van der Waals surface area contributed by atoms with Crippen LogP contribution in [0.1, 0.15) is 54.2 Å². The predicted molar refractivity (Wildman–Crippen MR) is 184 cm³/mol. The largest absolute Gasteiger partial charge is 0.497 e. The lowest BCUT2D eigenvalue weighted by Crippen LogP contribution is -2.38. The first-order valence-electron chi connectivity index (χ1n) is 16.4. The van der Waals surface area contributed by atoms with Crippen LogP contribution >= 0.6 is 0 Å². The van der Waals surface area contributed by atoms with Crippen molar-refractivity contribution >= 4 is 5.91 Å². The van der Waals surface area contributed by atoms with E-state index in [0.29, 0.717) is 24.6 Å². The molecule has 4 aromatic rings. The fraction of sp³-hybridized carbons (Fsp3) is 0.378. The fourth-order valence-electron chi connectivity index (χ4n) is 6.07. The number of carbonyl (C=O) groups excluding carboxylic acids is 1. The number of nitrogens with one attached hydrogen (secondary N) is 2. The van der Waals surface area contributed by atoms with Gasteiger partial charge < -0.3 is 35.1 Å². The van der Waals surface area contributed by atoms with Crippen LogP contribution in [0, 0.1) is 0 Å². The second kappa shape index (κ2) is 16.6. The van der Waals surface area contributed by atoms with Gasteiger partial charge in [-0.05, 0) is 66.8 Å². The van der Waals surface area contributed by atoms with E-state index in [1.54, 1.807) is 14.2 Å². The third-order valence-corrected chi connectivity index (χ3v) is 8.77. The molecule has 1 amide bonds. The van der Waals surface area contributed by atoms with Crippen LogP contribution in [0.3, 0.4) is 0 Å². The van der Waals surface area contributed by atoms with Gasteiger partial charge in [0.25, 0.3) is 5.56 Å². The first kappa shape index (κ1) is 35.6. The first-order chi connectivity index (χ1) is 23.8. The number of carbonyl (C=O) groups is 1. The van der Waals surface area contributed by atoms with Gasteiger partial charge in [-0.25, -0.2) is 4.79 Å². The lowest BCUT2D eigenvalue weighted by molar-refractivity contribution is -0.121. The summed E-state index contributed by atoms with van der Waals surface area (Å²) in [6, 6.07) is 25.0. The molecule has 0 bridgehead atoms. The number of aryl methyl sites for hydroxylation is 1. The summed E-state index contributed by atoms with van der Waals surface area (Å²) in [7, 11) is 3.21. The minimum absolute atomic E-state index is 0.0418. The van der Waals surface area contributed by atoms with Crippen molar-refractivity contribution in [3.8, 4) is 11.5 Å². The number of ether oxygens (including phenoxy) is 4. The minimum atomic E-state index is -1.13. The van der Waals surface area contributed by atoms with Crippen LogP contribution in [0.15, 0.2) is 94.6 Å². The molecule has 0 aliphatic carbocycles. The summed E-state index contributed by atoms with van der Waals surface area (Å²) in [4.78, 5) is 40.2. The summed E-state index contributed by atoms with van der Waals surface area (Å²) < 4.78 is 25.3. The number of rotatable bonds is 16. The minimum Gasteiger partial charge on any atom is -0.497 e. The Kier molecular flexibility index (Phi) is 12.0. The predicted octanol–water partition coefficient (Wildman–Crippen LogP) is 3.00. The van der Waals surface area contributed by atoms with Crippen LogP contribution in [0.5, 0.6) is 11.5 Å². The Morgan fingerprint density at radius 3 is 2.16 bits per heavy atom. The number of aliphatic hydroxyl groups is 1. The third kappa shape index (κ3) is 8.28. The van der Waals surface area contributed by atoms with Gasteiger partial charge in [0.05, 0.1) is 26.9 Å². The van der Waals surface area contributed by atoms with E-state index in [9.17, 15) is 19.5 Å². The first-order valence-corrected chi connectivity index (χ1v) is 16.4. The van der Waals surface area contributed by atoms with Crippen molar-refractivity contribution in [2.45, 2.75) is 56.1 Å². The number of nitrogens with zero attached hydrogens (tertiary/aromatic N) is 1. The molecule has 1 aromatic heterocycles. The van der Waals surface area contributed by atoms with Gasteiger partial charge in [0.2, 0.25) is 5.91 Å². The number of benzene rings is 3. The van der Waals surface area contributed by atoms with Crippen molar-refractivity contribution < 1.29 is 28.8 Å². The summed E-state index contributed by atoms with van der Waals surface area (Å²) in [5.74, 6) is 1.17. The quantitative estimate of drug-likeness (QED) is 0.103. The van der Waals surface area contributed by atoms with Gasteiger partial charge in [-0.2, -0.15) is 0 Å². The molecule has 260 valence electrons.